The van der Waals surface area contributed by atoms with Crippen molar-refractivity contribution in [3.8, 4) is 0 Å². The minimum atomic E-state index is -0.800. The molecule has 0 aliphatic carbocycles. The Labute approximate surface area is 124 Å². The van der Waals surface area contributed by atoms with E-state index in [9.17, 15) is 9.90 Å². The van der Waals surface area contributed by atoms with E-state index in [1.54, 1.807) is 4.90 Å². The van der Waals surface area contributed by atoms with Crippen molar-refractivity contribution in [2.75, 3.05) is 24.5 Å². The number of hydrogen-bond donors (Lipinski definition) is 1. The number of carbonyl (C=O) groups is 1. The quantitative estimate of drug-likeness (QED) is 0.855. The number of amides is 1. The summed E-state index contributed by atoms with van der Waals surface area (Å²) in [5.74, 6) is 1.63. The molecule has 1 amide bonds. The zero-order valence-corrected chi connectivity index (χ0v) is 12.8. The summed E-state index contributed by atoms with van der Waals surface area (Å²) in [6.07, 6.45) is 0.206. The molecule has 3 atom stereocenters. The van der Waals surface area contributed by atoms with Gasteiger partial charge in [0.05, 0.1) is 0 Å². The Kier molecular flexibility index (Phi) is 3.47. The number of nitrogens with zero attached hydrogens (tertiary/aromatic N) is 4. The van der Waals surface area contributed by atoms with Crippen molar-refractivity contribution >= 4 is 12.0 Å². The van der Waals surface area contributed by atoms with Gasteiger partial charge in [-0.15, -0.1) is 0 Å². The lowest BCUT2D eigenvalue weighted by Gasteiger charge is -2.35. The number of anilines is 1. The van der Waals surface area contributed by atoms with E-state index < -0.39 is 6.09 Å². The highest BCUT2D eigenvalue weighted by atomic mass is 16.4. The van der Waals surface area contributed by atoms with E-state index in [4.69, 9.17) is 0 Å². The second-order valence-electron chi connectivity index (χ2n) is 6.28. The molecule has 114 valence electrons. The molecule has 6 heteroatoms. The van der Waals surface area contributed by atoms with E-state index in [0.29, 0.717) is 18.4 Å². The molecule has 2 aliphatic rings. The fourth-order valence-corrected chi connectivity index (χ4v) is 3.81. The van der Waals surface area contributed by atoms with E-state index in [-0.39, 0.29) is 6.04 Å². The van der Waals surface area contributed by atoms with Crippen molar-refractivity contribution in [3.63, 3.8) is 0 Å². The number of aromatic nitrogens is 2. The average molecular weight is 290 g/mol. The predicted octanol–water partition coefficient (Wildman–Crippen LogP) is 1.92. The molecule has 0 unspecified atom stereocenters. The summed E-state index contributed by atoms with van der Waals surface area (Å²) in [5, 5.41) is 9.27. The van der Waals surface area contributed by atoms with E-state index in [0.717, 1.165) is 36.8 Å². The largest absolute Gasteiger partial charge is 0.465 e. The molecular formula is C15H22N4O2. The molecule has 1 N–H and O–H groups in total. The summed E-state index contributed by atoms with van der Waals surface area (Å²) >= 11 is 0. The third-order valence-corrected chi connectivity index (χ3v) is 4.83. The fraction of sp³-hybridized carbons (Fsp3) is 0.667. The molecule has 0 aromatic carbocycles. The Morgan fingerprint density at radius 1 is 1.29 bits per heavy atom. The summed E-state index contributed by atoms with van der Waals surface area (Å²) in [7, 11) is 0. The van der Waals surface area contributed by atoms with Gasteiger partial charge in [-0.05, 0) is 45.1 Å². The van der Waals surface area contributed by atoms with Crippen LogP contribution in [0, 0.1) is 25.7 Å². The lowest BCUT2D eigenvalue weighted by molar-refractivity contribution is 0.138. The Balaban J connectivity index is 1.77. The molecule has 3 heterocycles. The van der Waals surface area contributed by atoms with Crippen LogP contribution in [0.2, 0.25) is 0 Å². The molecule has 3 rings (SSSR count). The van der Waals surface area contributed by atoms with Gasteiger partial charge in [-0.2, -0.15) is 0 Å². The molecular weight excluding hydrogens is 268 g/mol. The van der Waals surface area contributed by atoms with Gasteiger partial charge in [-0.1, -0.05) is 0 Å². The van der Waals surface area contributed by atoms with Crippen LogP contribution in [0.1, 0.15) is 24.7 Å². The van der Waals surface area contributed by atoms with Crippen LogP contribution in [0.15, 0.2) is 6.07 Å². The third-order valence-electron chi connectivity index (χ3n) is 4.83. The average Bonchev–Trinajstić information content (AvgIpc) is 2.75. The molecule has 0 spiro atoms. The molecule has 0 saturated carbocycles. The Morgan fingerprint density at radius 3 is 2.57 bits per heavy atom. The summed E-state index contributed by atoms with van der Waals surface area (Å²) in [4.78, 5) is 24.1. The highest BCUT2D eigenvalue weighted by Gasteiger charge is 2.44. The maximum absolute atomic E-state index is 11.3. The van der Waals surface area contributed by atoms with Gasteiger partial charge in [0.15, 0.2) is 0 Å². The van der Waals surface area contributed by atoms with Crippen molar-refractivity contribution in [1.29, 1.82) is 0 Å². The third kappa shape index (κ3) is 2.54. The van der Waals surface area contributed by atoms with Crippen LogP contribution >= 0.6 is 0 Å². The Bertz CT molecular complexity index is 542. The van der Waals surface area contributed by atoms with Crippen molar-refractivity contribution in [1.82, 2.24) is 14.9 Å². The molecule has 1 aromatic heterocycles. The van der Waals surface area contributed by atoms with Gasteiger partial charge in [0.25, 0.3) is 0 Å². The standard InChI is InChI=1S/C15H22N4O2/c1-9-6-10(2)17-14(16-9)18-5-4-13-11(3)19(15(20)21)8-12(13)7-18/h6,11-13H,4-5,7-8H2,1-3H3,(H,20,21)/t11-,12-,13+/m0/s1. The lowest BCUT2D eigenvalue weighted by atomic mass is 9.85. The number of rotatable bonds is 1. The molecule has 1 aromatic rings. The SMILES string of the molecule is Cc1cc(C)nc(N2CC[C@H]3[C@@H](C2)CN(C(=O)O)[C@H]3C)n1. The van der Waals surface area contributed by atoms with Crippen molar-refractivity contribution in [2.45, 2.75) is 33.2 Å². The first-order valence-electron chi connectivity index (χ1n) is 7.52. The van der Waals surface area contributed by atoms with Crippen LogP contribution in [-0.2, 0) is 0 Å². The molecule has 0 bridgehead atoms. The zero-order chi connectivity index (χ0) is 15.1. The van der Waals surface area contributed by atoms with Gasteiger partial charge in [-0.3, -0.25) is 0 Å². The van der Waals surface area contributed by atoms with Crippen LogP contribution < -0.4 is 4.90 Å². The molecule has 6 nitrogen and oxygen atoms in total. The van der Waals surface area contributed by atoms with Crippen molar-refractivity contribution in [2.24, 2.45) is 11.8 Å². The summed E-state index contributed by atoms with van der Waals surface area (Å²) < 4.78 is 0. The van der Waals surface area contributed by atoms with Gasteiger partial charge in [0, 0.05) is 37.1 Å². The first kappa shape index (κ1) is 14.1. The summed E-state index contributed by atoms with van der Waals surface area (Å²) in [6, 6.07) is 2.09. The van der Waals surface area contributed by atoms with Gasteiger partial charge >= 0.3 is 6.09 Å². The maximum Gasteiger partial charge on any atom is 0.407 e. The number of hydrogen-bond acceptors (Lipinski definition) is 4. The molecule has 2 saturated heterocycles. The van der Waals surface area contributed by atoms with Crippen LogP contribution in [0.4, 0.5) is 10.7 Å². The maximum atomic E-state index is 11.3. The summed E-state index contributed by atoms with van der Waals surface area (Å²) in [6.45, 7) is 8.37. The minimum absolute atomic E-state index is 0.120. The summed E-state index contributed by atoms with van der Waals surface area (Å²) in [5.41, 5.74) is 1.96. The van der Waals surface area contributed by atoms with Gasteiger partial charge in [-0.25, -0.2) is 14.8 Å². The van der Waals surface area contributed by atoms with Crippen molar-refractivity contribution in [3.05, 3.63) is 17.5 Å². The minimum Gasteiger partial charge on any atom is -0.465 e. The highest BCUT2D eigenvalue weighted by Crippen LogP contribution is 2.36. The molecule has 21 heavy (non-hydrogen) atoms. The zero-order valence-electron chi connectivity index (χ0n) is 12.8. The van der Waals surface area contributed by atoms with Crippen LogP contribution in [0.5, 0.6) is 0 Å². The molecule has 2 aliphatic heterocycles. The monoisotopic (exact) mass is 290 g/mol. The van der Waals surface area contributed by atoms with Crippen molar-refractivity contribution < 1.29 is 9.90 Å². The number of carboxylic acid groups (broad SMARTS) is 1. The van der Waals surface area contributed by atoms with Crippen LogP contribution in [0.25, 0.3) is 0 Å². The number of piperidine rings is 1. The molecule has 0 radical (unpaired) electrons. The Morgan fingerprint density at radius 2 is 1.95 bits per heavy atom. The number of likely N-dealkylation sites (tertiary alicyclic amines) is 1. The van der Waals surface area contributed by atoms with Gasteiger partial charge in [0.2, 0.25) is 5.95 Å². The topological polar surface area (TPSA) is 69.6 Å². The second kappa shape index (κ2) is 5.16. The van der Waals surface area contributed by atoms with Crippen LogP contribution in [-0.4, -0.2) is 51.7 Å². The van der Waals surface area contributed by atoms with Crippen LogP contribution in [0.3, 0.4) is 0 Å². The predicted molar refractivity (Wildman–Crippen MR) is 79.5 cm³/mol. The highest BCUT2D eigenvalue weighted by molar-refractivity contribution is 5.66. The lowest BCUT2D eigenvalue weighted by Crippen LogP contribution is -2.42. The number of fused-ring (bicyclic) bond motifs is 1. The smallest absolute Gasteiger partial charge is 0.407 e. The van der Waals surface area contributed by atoms with Gasteiger partial charge in [0.1, 0.15) is 0 Å². The van der Waals surface area contributed by atoms with E-state index >= 15 is 0 Å². The Hall–Kier alpha value is -1.85. The number of aryl methyl sites for hydroxylation is 2. The van der Waals surface area contributed by atoms with Gasteiger partial charge < -0.3 is 14.9 Å². The first-order valence-corrected chi connectivity index (χ1v) is 7.52. The normalized spacial score (nSPS) is 28.6. The fourth-order valence-electron chi connectivity index (χ4n) is 3.81. The van der Waals surface area contributed by atoms with E-state index in [1.165, 1.54) is 0 Å². The van der Waals surface area contributed by atoms with E-state index in [2.05, 4.69) is 14.9 Å². The second-order valence-corrected chi connectivity index (χ2v) is 6.28. The molecule has 2 fully saturated rings. The van der Waals surface area contributed by atoms with E-state index in [1.807, 2.05) is 26.8 Å². The first-order chi connectivity index (χ1) is 9.95.